The highest BCUT2D eigenvalue weighted by Crippen LogP contribution is 2.38. The minimum atomic E-state index is -3.47. The summed E-state index contributed by atoms with van der Waals surface area (Å²) in [7, 11) is -3.47. The van der Waals surface area contributed by atoms with Crippen molar-refractivity contribution in [3.05, 3.63) is 34.5 Å². The molecular formula is C19H23N5O2S2. The molecule has 0 fully saturated rings. The number of thioether (sulfide) groups is 1. The van der Waals surface area contributed by atoms with Crippen LogP contribution in [0.15, 0.2) is 22.2 Å². The van der Waals surface area contributed by atoms with E-state index in [-0.39, 0.29) is 0 Å². The number of nitrogens with one attached hydrogen (secondary N) is 3. The summed E-state index contributed by atoms with van der Waals surface area (Å²) in [5.41, 5.74) is 5.97. The Morgan fingerprint density at radius 2 is 1.86 bits per heavy atom. The van der Waals surface area contributed by atoms with E-state index in [4.69, 9.17) is 4.78 Å². The molecule has 148 valence electrons. The molecule has 1 atom stereocenters. The van der Waals surface area contributed by atoms with Crippen molar-refractivity contribution in [1.29, 1.82) is 4.78 Å². The van der Waals surface area contributed by atoms with Gasteiger partial charge in [-0.15, -0.1) is 11.8 Å². The van der Waals surface area contributed by atoms with Gasteiger partial charge in [-0.2, -0.15) is 5.10 Å². The number of rotatable bonds is 3. The molecule has 0 saturated carbocycles. The number of hydrogen-bond donors (Lipinski definition) is 3. The second kappa shape index (κ2) is 6.81. The van der Waals surface area contributed by atoms with Crippen LogP contribution in [0, 0.1) is 4.78 Å². The monoisotopic (exact) mass is 417 g/mol. The third kappa shape index (κ3) is 3.00. The Morgan fingerprint density at radius 3 is 2.57 bits per heavy atom. The smallest absolute Gasteiger partial charge is 0.307 e. The van der Waals surface area contributed by atoms with Crippen molar-refractivity contribution in [3.8, 4) is 0 Å². The van der Waals surface area contributed by atoms with Crippen LogP contribution in [0.1, 0.15) is 41.5 Å². The molecule has 7 nitrogen and oxygen atoms in total. The van der Waals surface area contributed by atoms with E-state index in [1.54, 1.807) is 16.4 Å². The van der Waals surface area contributed by atoms with Gasteiger partial charge in [-0.3, -0.25) is 4.68 Å². The van der Waals surface area contributed by atoms with Gasteiger partial charge in [-0.25, -0.2) is 18.5 Å². The minimum Gasteiger partial charge on any atom is -0.307 e. The molecule has 28 heavy (non-hydrogen) atoms. The van der Waals surface area contributed by atoms with Crippen LogP contribution in [-0.2, 0) is 42.1 Å². The molecule has 5 rings (SSSR count). The molecule has 1 aromatic heterocycles. The van der Waals surface area contributed by atoms with Crippen LogP contribution in [0.3, 0.4) is 0 Å². The number of nitrogens with zero attached hydrogens (tertiary/aromatic N) is 2. The number of urea groups is 1. The van der Waals surface area contributed by atoms with Crippen LogP contribution >= 0.6 is 11.8 Å². The summed E-state index contributed by atoms with van der Waals surface area (Å²) < 4.78 is 25.5. The van der Waals surface area contributed by atoms with Crippen molar-refractivity contribution in [3.63, 3.8) is 0 Å². The highest BCUT2D eigenvalue weighted by molar-refractivity contribution is 8.00. The summed E-state index contributed by atoms with van der Waals surface area (Å²) in [6, 6.07) is 1.73. The lowest BCUT2D eigenvalue weighted by Gasteiger charge is -2.18. The summed E-state index contributed by atoms with van der Waals surface area (Å²) >= 11 is 1.54. The first-order valence-electron chi connectivity index (χ1n) is 9.75. The Bertz CT molecular complexity index is 1040. The molecule has 0 unspecified atom stereocenters. The molecule has 3 N–H and O–H groups in total. The van der Waals surface area contributed by atoms with Crippen molar-refractivity contribution in [2.45, 2.75) is 61.4 Å². The van der Waals surface area contributed by atoms with E-state index >= 15 is 0 Å². The fourth-order valence-electron chi connectivity index (χ4n) is 4.53. The molecule has 0 radical (unpaired) electrons. The average molecular weight is 418 g/mol. The summed E-state index contributed by atoms with van der Waals surface area (Å²) in [6.45, 7) is 0.756. The maximum atomic E-state index is 13.0. The van der Waals surface area contributed by atoms with Gasteiger partial charge in [-0.05, 0) is 67.2 Å². The second-order valence-corrected chi connectivity index (χ2v) is 10.4. The topological polar surface area (TPSA) is 99.9 Å². The van der Waals surface area contributed by atoms with Crippen LogP contribution in [0.2, 0.25) is 0 Å². The molecule has 0 saturated heterocycles. The van der Waals surface area contributed by atoms with Gasteiger partial charge in [0.1, 0.15) is 9.92 Å². The Balaban J connectivity index is 1.41. The number of anilines is 1. The molecule has 2 amide bonds. The lowest BCUT2D eigenvalue weighted by atomic mass is 9.99. The van der Waals surface area contributed by atoms with Gasteiger partial charge < -0.3 is 5.32 Å². The molecule has 2 aromatic rings. The van der Waals surface area contributed by atoms with E-state index in [0.29, 0.717) is 4.90 Å². The lowest BCUT2D eigenvalue weighted by molar-refractivity contribution is 0.256. The molecule has 1 aliphatic heterocycles. The lowest BCUT2D eigenvalue weighted by Crippen LogP contribution is -2.34. The predicted octanol–water partition coefficient (Wildman–Crippen LogP) is 3.50. The zero-order chi connectivity index (χ0) is 19.3. The minimum absolute atomic E-state index is 0.302. The number of hydrogen-bond acceptors (Lipinski definition) is 5. The third-order valence-corrected chi connectivity index (χ3v) is 8.49. The van der Waals surface area contributed by atoms with Gasteiger partial charge in [0.2, 0.25) is 0 Å². The zero-order valence-electron chi connectivity index (χ0n) is 15.5. The van der Waals surface area contributed by atoms with Crippen molar-refractivity contribution in [2.75, 3.05) is 11.1 Å². The van der Waals surface area contributed by atoms with Gasteiger partial charge in [0.15, 0.2) is 9.92 Å². The highest BCUT2D eigenvalue weighted by Gasteiger charge is 2.27. The van der Waals surface area contributed by atoms with E-state index in [1.807, 2.05) is 0 Å². The number of aryl methyl sites for hydroxylation is 3. The van der Waals surface area contributed by atoms with Gasteiger partial charge in [-0.1, -0.05) is 6.07 Å². The molecule has 1 aromatic carbocycles. The quantitative estimate of drug-likeness (QED) is 0.712. The zero-order valence-corrected chi connectivity index (χ0v) is 17.2. The van der Waals surface area contributed by atoms with E-state index in [1.165, 1.54) is 28.5 Å². The first-order valence-corrected chi connectivity index (χ1v) is 12.3. The summed E-state index contributed by atoms with van der Waals surface area (Å²) in [5.74, 6) is 0.905. The fourth-order valence-corrected chi connectivity index (χ4v) is 6.98. The van der Waals surface area contributed by atoms with E-state index in [0.717, 1.165) is 68.0 Å². The highest BCUT2D eigenvalue weighted by atomic mass is 32.2. The van der Waals surface area contributed by atoms with Gasteiger partial charge in [0, 0.05) is 18.0 Å². The van der Waals surface area contributed by atoms with Crippen LogP contribution in [0.4, 0.5) is 10.5 Å². The molecule has 2 heterocycles. The molecular weight excluding hydrogens is 394 g/mol. The average Bonchev–Trinajstić information content (AvgIpc) is 3.39. The first kappa shape index (κ1) is 18.1. The Kier molecular flexibility index (Phi) is 4.39. The Labute approximate surface area is 168 Å². The molecule has 9 heteroatoms. The SMILES string of the molecule is N=[S@@](=O)(NC(=O)Nc1c2c(cc3c1CCC3)CCC2)c1cnn2c1SCCC2. The van der Waals surface area contributed by atoms with Crippen LogP contribution in [0.25, 0.3) is 0 Å². The Morgan fingerprint density at radius 1 is 1.14 bits per heavy atom. The summed E-state index contributed by atoms with van der Waals surface area (Å²) in [4.78, 5) is 13.0. The maximum Gasteiger partial charge on any atom is 0.331 e. The number of fused-ring (bicyclic) bond motifs is 3. The normalized spacial score (nSPS) is 19.4. The standard InChI is InChI=1S/C19H23N5O2S2/c20-28(26,16-11-21-24-8-3-9-27-18(16)24)23-19(25)22-17-14-6-1-4-12(14)10-13-5-2-7-15(13)17/h10-11H,1-9H2,(H3,20,22,23,25,26)/t28-/m1/s1. The maximum absolute atomic E-state index is 13.0. The third-order valence-electron chi connectivity index (χ3n) is 5.77. The van der Waals surface area contributed by atoms with Crippen molar-refractivity contribution < 1.29 is 9.00 Å². The van der Waals surface area contributed by atoms with Gasteiger partial charge in [0.05, 0.1) is 6.20 Å². The molecule has 2 aliphatic carbocycles. The van der Waals surface area contributed by atoms with Crippen molar-refractivity contribution in [1.82, 2.24) is 14.5 Å². The van der Waals surface area contributed by atoms with Crippen LogP contribution < -0.4 is 10.0 Å². The largest absolute Gasteiger partial charge is 0.331 e. The summed E-state index contributed by atoms with van der Waals surface area (Å²) in [5, 5.41) is 7.92. The molecule has 0 spiro atoms. The number of benzene rings is 1. The van der Waals surface area contributed by atoms with Gasteiger partial charge >= 0.3 is 6.03 Å². The second-order valence-electron chi connectivity index (χ2n) is 7.59. The first-order chi connectivity index (χ1) is 13.5. The number of carbonyl (C=O) groups is 1. The molecule has 3 aliphatic rings. The fraction of sp³-hybridized carbons (Fsp3) is 0.474. The van der Waals surface area contributed by atoms with Gasteiger partial charge in [0.25, 0.3) is 0 Å². The van der Waals surface area contributed by atoms with E-state index in [9.17, 15) is 9.00 Å². The van der Waals surface area contributed by atoms with Crippen LogP contribution in [-0.4, -0.2) is 25.8 Å². The summed E-state index contributed by atoms with van der Waals surface area (Å²) in [6.07, 6.45) is 8.68. The van der Waals surface area contributed by atoms with Crippen LogP contribution in [0.5, 0.6) is 0 Å². The molecule has 0 bridgehead atoms. The van der Waals surface area contributed by atoms with E-state index in [2.05, 4.69) is 21.2 Å². The van der Waals surface area contributed by atoms with E-state index < -0.39 is 15.9 Å². The number of carbonyl (C=O) groups excluding carboxylic acids is 1. The number of amides is 2. The number of aromatic nitrogens is 2. The Hall–Kier alpha value is -2.00. The predicted molar refractivity (Wildman–Crippen MR) is 109 cm³/mol. The van der Waals surface area contributed by atoms with Crippen molar-refractivity contribution >= 4 is 33.4 Å². The van der Waals surface area contributed by atoms with Crippen molar-refractivity contribution in [2.24, 2.45) is 0 Å².